The number of primary amides is 1. The molecule has 2 unspecified atom stereocenters. The van der Waals surface area contributed by atoms with Gasteiger partial charge in [0.15, 0.2) is 0 Å². The third-order valence-corrected chi connectivity index (χ3v) is 9.54. The molecule has 0 fully saturated rings. The van der Waals surface area contributed by atoms with E-state index >= 15 is 0 Å². The van der Waals surface area contributed by atoms with E-state index in [1.165, 1.54) is 0 Å². The molecule has 236 valence electrons. The molecule has 1 aliphatic rings. The summed E-state index contributed by atoms with van der Waals surface area (Å²) in [6, 6.07) is 8.30. The first kappa shape index (κ1) is 34.5. The van der Waals surface area contributed by atoms with Gasteiger partial charge in [-0.3, -0.25) is 18.9 Å². The third kappa shape index (κ3) is 9.51. The molecule has 11 nitrogen and oxygen atoms in total. The number of nitrogens with one attached hydrogen (secondary N) is 2. The normalized spacial score (nSPS) is 16.7. The van der Waals surface area contributed by atoms with Gasteiger partial charge in [0.1, 0.15) is 17.5 Å². The van der Waals surface area contributed by atoms with E-state index < -0.39 is 42.3 Å². The number of hydrogen-bond donors (Lipinski definition) is 5. The Kier molecular flexibility index (Phi) is 11.4. The van der Waals surface area contributed by atoms with E-state index in [0.717, 1.165) is 0 Å². The average Bonchev–Trinajstić information content (AvgIpc) is 3.11. The molecule has 43 heavy (non-hydrogen) atoms. The van der Waals surface area contributed by atoms with Gasteiger partial charge in [-0.15, -0.1) is 9.24 Å². The zero-order chi connectivity index (χ0) is 32.1. The van der Waals surface area contributed by atoms with Crippen LogP contribution in [-0.4, -0.2) is 46.8 Å². The van der Waals surface area contributed by atoms with Gasteiger partial charge in [-0.05, 0) is 36.0 Å². The minimum Gasteiger partial charge on any atom is -0.493 e. The number of benzene rings is 2. The fourth-order valence-corrected chi connectivity index (χ4v) is 5.24. The summed E-state index contributed by atoms with van der Waals surface area (Å²) < 4.78 is 23.5. The van der Waals surface area contributed by atoms with Crippen molar-refractivity contribution in [3.8, 4) is 11.5 Å². The molecule has 4 atom stereocenters. The van der Waals surface area contributed by atoms with E-state index in [9.17, 15) is 28.7 Å². The molecular weight excluding hydrogens is 592 g/mol. The van der Waals surface area contributed by atoms with Gasteiger partial charge in [0, 0.05) is 23.5 Å². The van der Waals surface area contributed by atoms with Gasteiger partial charge >= 0.3 is 7.60 Å². The van der Waals surface area contributed by atoms with Gasteiger partial charge in [-0.1, -0.05) is 58.9 Å². The van der Waals surface area contributed by atoms with Gasteiger partial charge in [0.25, 0.3) is 5.91 Å². The predicted octanol–water partition coefficient (Wildman–Crippen LogP) is 3.98. The molecule has 2 aromatic rings. The number of ether oxygens (including phenoxy) is 2. The van der Waals surface area contributed by atoms with E-state index in [-0.39, 0.29) is 23.8 Å². The van der Waals surface area contributed by atoms with E-state index in [1.807, 2.05) is 13.8 Å². The number of rotatable bonds is 11. The molecule has 1 heterocycles. The van der Waals surface area contributed by atoms with E-state index in [1.54, 1.807) is 57.2 Å². The average molecular weight is 636 g/mol. The lowest BCUT2D eigenvalue weighted by atomic mass is 9.94. The highest BCUT2D eigenvalue weighted by atomic mass is 31.2. The van der Waals surface area contributed by atoms with Crippen molar-refractivity contribution in [2.75, 3.05) is 13.2 Å². The molecule has 6 N–H and O–H groups in total. The zero-order valence-corrected chi connectivity index (χ0v) is 27.3. The van der Waals surface area contributed by atoms with Crippen molar-refractivity contribution in [3.05, 3.63) is 58.7 Å². The Hall–Kier alpha value is -2.97. The maximum atomic E-state index is 13.8. The molecule has 2 aromatic carbocycles. The second-order valence-corrected chi connectivity index (χ2v) is 15.2. The van der Waals surface area contributed by atoms with Crippen molar-refractivity contribution in [2.24, 2.45) is 17.1 Å². The van der Waals surface area contributed by atoms with Crippen LogP contribution in [-0.2, 0) is 20.6 Å². The van der Waals surface area contributed by atoms with Crippen LogP contribution in [0.25, 0.3) is 0 Å². The summed E-state index contributed by atoms with van der Waals surface area (Å²) in [4.78, 5) is 58.1. The minimum absolute atomic E-state index is 0.135. The highest BCUT2D eigenvalue weighted by Gasteiger charge is 2.32. The van der Waals surface area contributed by atoms with Crippen LogP contribution in [0.4, 0.5) is 0 Å². The van der Waals surface area contributed by atoms with Crippen molar-refractivity contribution in [2.45, 2.75) is 71.4 Å². The lowest BCUT2D eigenvalue weighted by Crippen LogP contribution is -2.51. The Bertz CT molecular complexity index is 1370. The van der Waals surface area contributed by atoms with Crippen LogP contribution >= 0.6 is 16.8 Å². The van der Waals surface area contributed by atoms with Crippen LogP contribution in [0.1, 0.15) is 86.0 Å². The number of carbonyl (C=O) groups is 3. The second kappa shape index (κ2) is 14.2. The van der Waals surface area contributed by atoms with E-state index in [2.05, 4.69) is 19.9 Å². The molecule has 3 rings (SSSR count). The molecular formula is C30H43N3O8P2. The monoisotopic (exact) mass is 635 g/mol. The highest BCUT2D eigenvalue weighted by molar-refractivity contribution is 7.60. The third-order valence-electron chi connectivity index (χ3n) is 6.96. The Labute approximate surface area is 255 Å². The first-order chi connectivity index (χ1) is 20.0. The molecule has 0 aromatic heterocycles. The largest absolute Gasteiger partial charge is 0.493 e. The first-order valence-corrected chi connectivity index (χ1v) is 16.6. The Morgan fingerprint density at radius 2 is 1.81 bits per heavy atom. The Balaban J connectivity index is 1.91. The number of amides is 3. The summed E-state index contributed by atoms with van der Waals surface area (Å²) in [6.45, 7) is 10.00. The maximum absolute atomic E-state index is 13.8. The van der Waals surface area contributed by atoms with Crippen molar-refractivity contribution >= 4 is 34.6 Å². The van der Waals surface area contributed by atoms with Crippen LogP contribution in [0.3, 0.4) is 0 Å². The molecule has 0 saturated carbocycles. The SMILES string of the molecule is CC(C)COc1cc2c(cc1C(N)=O)[C@H](NC(=O)[C@H](Cc1ccc(C(P)P(=O)(O)O)cc1)NC(=O)C(C)(C)C)CCCO2. The number of carbonyl (C=O) groups excluding carboxylic acids is 3. The van der Waals surface area contributed by atoms with E-state index in [4.69, 9.17) is 15.2 Å². The fourth-order valence-electron chi connectivity index (χ4n) is 4.46. The summed E-state index contributed by atoms with van der Waals surface area (Å²) >= 11 is 0. The van der Waals surface area contributed by atoms with Gasteiger partial charge in [0.05, 0.1) is 30.2 Å². The van der Waals surface area contributed by atoms with Crippen molar-refractivity contribution in [1.29, 1.82) is 0 Å². The molecule has 1 aliphatic heterocycles. The lowest BCUT2D eigenvalue weighted by molar-refractivity contribution is -0.133. The van der Waals surface area contributed by atoms with Crippen molar-refractivity contribution < 1.29 is 38.2 Å². The first-order valence-electron chi connectivity index (χ1n) is 14.2. The Morgan fingerprint density at radius 1 is 1.16 bits per heavy atom. The minimum atomic E-state index is -4.35. The summed E-state index contributed by atoms with van der Waals surface area (Å²) in [5.74, 6) is -0.396. The van der Waals surface area contributed by atoms with Crippen molar-refractivity contribution in [3.63, 3.8) is 0 Å². The molecule has 3 amide bonds. The lowest BCUT2D eigenvalue weighted by Gasteiger charge is -2.27. The highest BCUT2D eigenvalue weighted by Crippen LogP contribution is 2.55. The van der Waals surface area contributed by atoms with Gasteiger partial charge < -0.3 is 35.6 Å². The topological polar surface area (TPSA) is 177 Å². The van der Waals surface area contributed by atoms with E-state index in [0.29, 0.717) is 54.2 Å². The van der Waals surface area contributed by atoms with Gasteiger partial charge in [-0.2, -0.15) is 0 Å². The summed E-state index contributed by atoms with van der Waals surface area (Å²) in [7, 11) is -2.20. The molecule has 0 bridgehead atoms. The van der Waals surface area contributed by atoms with Crippen LogP contribution < -0.4 is 25.8 Å². The maximum Gasteiger partial charge on any atom is 0.336 e. The zero-order valence-electron chi connectivity index (χ0n) is 25.3. The molecule has 0 aliphatic carbocycles. The number of nitrogens with two attached hydrogens (primary N) is 1. The summed E-state index contributed by atoms with van der Waals surface area (Å²) in [6.07, 6.45) is 1.29. The van der Waals surface area contributed by atoms with Crippen LogP contribution in [0.5, 0.6) is 11.5 Å². The fraction of sp³-hybridized carbons (Fsp3) is 0.500. The summed E-state index contributed by atoms with van der Waals surface area (Å²) in [5.41, 5.74) is 6.81. The van der Waals surface area contributed by atoms with Crippen LogP contribution in [0.15, 0.2) is 36.4 Å². The molecule has 0 spiro atoms. The van der Waals surface area contributed by atoms with Crippen molar-refractivity contribution in [1.82, 2.24) is 10.6 Å². The molecule has 0 radical (unpaired) electrons. The van der Waals surface area contributed by atoms with Crippen LogP contribution in [0.2, 0.25) is 0 Å². The quantitative estimate of drug-likeness (QED) is 0.230. The van der Waals surface area contributed by atoms with Crippen LogP contribution in [0, 0.1) is 11.3 Å². The second-order valence-electron chi connectivity index (χ2n) is 12.3. The van der Waals surface area contributed by atoms with Gasteiger partial charge in [-0.25, -0.2) is 0 Å². The standard InChI is InChI=1S/C30H43N3O8P2/c1-17(2)16-41-25-15-24-20(14-21(25)26(31)34)22(7-6-12-40-24)32-27(35)23(33-29(36)30(3,4)5)13-18-8-10-19(11-9-18)28(42)43(37,38)39/h8-11,14-15,17,22-23,28H,6-7,12-13,16,42H2,1-5H3,(H2,31,34)(H,32,35)(H,33,36)(H2,37,38,39)/t22-,23+,28?/m1/s1. The number of fused-ring (bicyclic) bond motifs is 1. The smallest absolute Gasteiger partial charge is 0.336 e. The Morgan fingerprint density at radius 3 is 2.37 bits per heavy atom. The van der Waals surface area contributed by atoms with Gasteiger partial charge in [0.2, 0.25) is 11.8 Å². The molecule has 13 heteroatoms. The predicted molar refractivity (Wildman–Crippen MR) is 167 cm³/mol. The summed E-state index contributed by atoms with van der Waals surface area (Å²) in [5, 5.41) is 4.85. The number of hydrogen-bond acceptors (Lipinski definition) is 6. The molecule has 0 saturated heterocycles.